The van der Waals surface area contributed by atoms with Gasteiger partial charge in [0.15, 0.2) is 12.2 Å². The Kier molecular flexibility index (Phi) is 70.6. The molecule has 0 aromatic heterocycles. The van der Waals surface area contributed by atoms with E-state index in [9.17, 15) is 43.2 Å². The van der Waals surface area contributed by atoms with E-state index < -0.39 is 97.5 Å². The molecule has 0 spiro atoms. The van der Waals surface area contributed by atoms with E-state index in [1.54, 1.807) is 0 Å². The molecule has 0 aliphatic carbocycles. The second kappa shape index (κ2) is 72.0. The lowest BCUT2D eigenvalue weighted by Crippen LogP contribution is -2.30. The number of hydrogen-bond donors (Lipinski definition) is 3. The fourth-order valence-electron chi connectivity index (χ4n) is 12.7. The standard InChI is InChI=1S/C83H162O17P2/c1-9-74(6)60-52-44-36-28-20-18-16-14-12-13-15-17-19-21-32-41-49-57-65-82(87)99-78(69-93-80(85)63-55-47-39-31-24-22-29-37-45-53-61-75(7)10-2)71-97-101(89,90)95-67-77(84)68-96-102(91,92)98-72-79(70-94-81(86)64-56-48-40-34-26-27-35-43-51-59-73(4)5)100-83(88)66-58-50-42-33-25-23-30-38-46-54-62-76(8)11-3/h73-79,84H,9-72H2,1-8H3,(H,89,90)(H,91,92)/t74?,75?,76?,77-,78-,79-/m1/s1. The van der Waals surface area contributed by atoms with Gasteiger partial charge in [-0.15, -0.1) is 0 Å². The molecule has 0 amide bonds. The second-order valence-corrected chi connectivity index (χ2v) is 34.0. The van der Waals surface area contributed by atoms with Gasteiger partial charge in [-0.1, -0.05) is 376 Å². The number of carbonyl (C=O) groups excluding carboxylic acids is 4. The molecule has 0 rings (SSSR count). The molecule has 0 aliphatic rings. The Morgan fingerprint density at radius 2 is 0.471 bits per heavy atom. The third-order valence-corrected chi connectivity index (χ3v) is 22.3. The number of esters is 4. The Morgan fingerprint density at radius 3 is 0.696 bits per heavy atom. The van der Waals surface area contributed by atoms with Crippen LogP contribution in [-0.2, 0) is 65.4 Å². The van der Waals surface area contributed by atoms with Crippen molar-refractivity contribution in [2.45, 2.75) is 446 Å². The van der Waals surface area contributed by atoms with Crippen molar-refractivity contribution >= 4 is 39.5 Å². The number of phosphoric ester groups is 2. The first-order chi connectivity index (χ1) is 49.2. The molecule has 3 N–H and O–H groups in total. The largest absolute Gasteiger partial charge is 0.472 e. The molecule has 606 valence electrons. The topological polar surface area (TPSA) is 237 Å². The van der Waals surface area contributed by atoms with E-state index in [1.165, 1.54) is 231 Å². The minimum absolute atomic E-state index is 0.106. The first-order valence-electron chi connectivity index (χ1n) is 42.8. The zero-order valence-corrected chi connectivity index (χ0v) is 69.0. The van der Waals surface area contributed by atoms with Gasteiger partial charge >= 0.3 is 39.5 Å². The lowest BCUT2D eigenvalue weighted by molar-refractivity contribution is -0.161. The van der Waals surface area contributed by atoms with Gasteiger partial charge < -0.3 is 33.8 Å². The summed E-state index contributed by atoms with van der Waals surface area (Å²) in [4.78, 5) is 73.1. The maximum absolute atomic E-state index is 13.1. The van der Waals surface area contributed by atoms with E-state index in [2.05, 4.69) is 55.4 Å². The van der Waals surface area contributed by atoms with Crippen molar-refractivity contribution in [3.8, 4) is 0 Å². The number of phosphoric acid groups is 2. The van der Waals surface area contributed by atoms with Gasteiger partial charge in [0, 0.05) is 25.7 Å². The van der Waals surface area contributed by atoms with Crippen molar-refractivity contribution in [1.82, 2.24) is 0 Å². The molecule has 0 aromatic rings. The number of carbonyl (C=O) groups is 4. The van der Waals surface area contributed by atoms with E-state index in [0.29, 0.717) is 25.7 Å². The van der Waals surface area contributed by atoms with E-state index in [-0.39, 0.29) is 25.7 Å². The van der Waals surface area contributed by atoms with Crippen LogP contribution in [0.25, 0.3) is 0 Å². The van der Waals surface area contributed by atoms with E-state index in [1.807, 2.05) is 0 Å². The molecule has 5 unspecified atom stereocenters. The van der Waals surface area contributed by atoms with Crippen LogP contribution in [0.2, 0.25) is 0 Å². The zero-order valence-electron chi connectivity index (χ0n) is 67.2. The summed E-state index contributed by atoms with van der Waals surface area (Å²) in [5.41, 5.74) is 0. The van der Waals surface area contributed by atoms with Crippen LogP contribution in [0.4, 0.5) is 0 Å². The third kappa shape index (κ3) is 72.3. The highest BCUT2D eigenvalue weighted by molar-refractivity contribution is 7.47. The van der Waals surface area contributed by atoms with Crippen molar-refractivity contribution in [3.05, 3.63) is 0 Å². The lowest BCUT2D eigenvalue weighted by atomic mass is 9.99. The highest BCUT2D eigenvalue weighted by atomic mass is 31.2. The summed E-state index contributed by atoms with van der Waals surface area (Å²) < 4.78 is 68.8. The summed E-state index contributed by atoms with van der Waals surface area (Å²) in [5.74, 6) is 1.12. The molecule has 19 heteroatoms. The average molecular weight is 1490 g/mol. The number of rotatable bonds is 80. The summed E-state index contributed by atoms with van der Waals surface area (Å²) in [6.45, 7) is 14.4. The van der Waals surface area contributed by atoms with Crippen molar-refractivity contribution in [2.75, 3.05) is 39.6 Å². The maximum atomic E-state index is 13.1. The van der Waals surface area contributed by atoms with Crippen LogP contribution >= 0.6 is 15.6 Å². The summed E-state index contributed by atoms with van der Waals surface area (Å²) >= 11 is 0. The van der Waals surface area contributed by atoms with Gasteiger partial charge in [0.1, 0.15) is 19.3 Å². The molecule has 8 atom stereocenters. The first-order valence-corrected chi connectivity index (χ1v) is 45.8. The molecule has 0 aliphatic heterocycles. The van der Waals surface area contributed by atoms with Gasteiger partial charge in [-0.2, -0.15) is 0 Å². The maximum Gasteiger partial charge on any atom is 0.472 e. The fourth-order valence-corrected chi connectivity index (χ4v) is 14.3. The first kappa shape index (κ1) is 100. The summed E-state index contributed by atoms with van der Waals surface area (Å²) in [6.07, 6.45) is 59.5. The van der Waals surface area contributed by atoms with Crippen LogP contribution in [0.1, 0.15) is 428 Å². The van der Waals surface area contributed by atoms with Crippen LogP contribution in [0.5, 0.6) is 0 Å². The van der Waals surface area contributed by atoms with Gasteiger partial charge in [-0.3, -0.25) is 37.3 Å². The quantitative estimate of drug-likeness (QED) is 0.0222. The molecule has 0 radical (unpaired) electrons. The van der Waals surface area contributed by atoms with Crippen LogP contribution in [-0.4, -0.2) is 96.7 Å². The van der Waals surface area contributed by atoms with Crippen LogP contribution in [0.3, 0.4) is 0 Å². The van der Waals surface area contributed by atoms with Gasteiger partial charge in [0.05, 0.1) is 26.4 Å². The van der Waals surface area contributed by atoms with Crippen molar-refractivity contribution in [1.29, 1.82) is 0 Å². The van der Waals surface area contributed by atoms with E-state index in [0.717, 1.165) is 114 Å². The smallest absolute Gasteiger partial charge is 0.462 e. The predicted molar refractivity (Wildman–Crippen MR) is 418 cm³/mol. The Hall–Kier alpha value is -1.94. The zero-order chi connectivity index (χ0) is 75.3. The van der Waals surface area contributed by atoms with Crippen molar-refractivity contribution < 1.29 is 80.2 Å². The monoisotopic (exact) mass is 1490 g/mol. The highest BCUT2D eigenvalue weighted by Crippen LogP contribution is 2.45. The SMILES string of the molecule is CCC(C)CCCCCCCCCCCCCCCCCCCCC(=O)O[C@H](COC(=O)CCCCCCCCCCCCC(C)CC)COP(=O)(O)OC[C@@H](O)COP(=O)(O)OC[C@@H](COC(=O)CCCCCCCCCCCC(C)C)OC(=O)CCCCCCCCCCCCC(C)CC. The summed E-state index contributed by atoms with van der Waals surface area (Å²) in [6, 6.07) is 0. The lowest BCUT2D eigenvalue weighted by Gasteiger charge is -2.21. The van der Waals surface area contributed by atoms with Gasteiger partial charge in [-0.05, 0) is 49.4 Å². The normalized spacial score (nSPS) is 14.8. The number of hydrogen-bond acceptors (Lipinski definition) is 15. The van der Waals surface area contributed by atoms with E-state index >= 15 is 0 Å². The molecule has 0 saturated carbocycles. The molecular weight excluding hydrogens is 1330 g/mol. The summed E-state index contributed by atoms with van der Waals surface area (Å²) in [5, 5.41) is 10.7. The van der Waals surface area contributed by atoms with Crippen LogP contribution < -0.4 is 0 Å². The van der Waals surface area contributed by atoms with Crippen LogP contribution in [0.15, 0.2) is 0 Å². The molecule has 17 nitrogen and oxygen atoms in total. The fraction of sp³-hybridized carbons (Fsp3) is 0.952. The van der Waals surface area contributed by atoms with Gasteiger partial charge in [0.25, 0.3) is 0 Å². The number of aliphatic hydroxyl groups excluding tert-OH is 1. The van der Waals surface area contributed by atoms with Gasteiger partial charge in [0.2, 0.25) is 0 Å². The molecular formula is C83H162O17P2. The van der Waals surface area contributed by atoms with E-state index in [4.69, 9.17) is 37.0 Å². The molecule has 0 heterocycles. The molecule has 0 saturated heterocycles. The average Bonchev–Trinajstić information content (AvgIpc) is 0.917. The molecule has 0 aromatic carbocycles. The number of aliphatic hydroxyl groups is 1. The second-order valence-electron chi connectivity index (χ2n) is 31.1. The Balaban J connectivity index is 5.24. The Bertz CT molecular complexity index is 1990. The minimum atomic E-state index is -4.96. The van der Waals surface area contributed by atoms with Crippen molar-refractivity contribution in [2.24, 2.45) is 23.7 Å². The Morgan fingerprint density at radius 1 is 0.275 bits per heavy atom. The highest BCUT2D eigenvalue weighted by Gasteiger charge is 2.30. The minimum Gasteiger partial charge on any atom is -0.462 e. The van der Waals surface area contributed by atoms with Crippen molar-refractivity contribution in [3.63, 3.8) is 0 Å². The molecule has 102 heavy (non-hydrogen) atoms. The summed E-state index contributed by atoms with van der Waals surface area (Å²) in [7, 11) is -9.93. The predicted octanol–water partition coefficient (Wildman–Crippen LogP) is 24.8. The Labute approximate surface area is 626 Å². The van der Waals surface area contributed by atoms with Crippen LogP contribution in [0, 0.1) is 23.7 Å². The molecule has 0 bridgehead atoms. The molecule has 0 fully saturated rings. The number of unbranched alkanes of at least 4 members (excludes halogenated alkanes) is 43. The number of ether oxygens (including phenoxy) is 4. The van der Waals surface area contributed by atoms with Gasteiger partial charge in [-0.25, -0.2) is 9.13 Å². The third-order valence-electron chi connectivity index (χ3n) is 20.4.